The van der Waals surface area contributed by atoms with E-state index < -0.39 is 29.5 Å². The van der Waals surface area contributed by atoms with E-state index in [2.05, 4.69) is 10.6 Å². The zero-order valence-electron chi connectivity index (χ0n) is 17.8. The average Bonchev–Trinajstić information content (AvgIpc) is 2.81. The molecule has 9 heteroatoms. The number of fused-ring (bicyclic) bond motifs is 1. The van der Waals surface area contributed by atoms with Crippen molar-refractivity contribution < 1.29 is 23.9 Å². The summed E-state index contributed by atoms with van der Waals surface area (Å²) in [5.74, 6) is -0.0793. The first-order chi connectivity index (χ1) is 15.4. The van der Waals surface area contributed by atoms with Crippen LogP contribution in [0.15, 0.2) is 60.7 Å². The number of esters is 1. The number of nitrogens with zero attached hydrogens (tertiary/aromatic N) is 1. The molecule has 2 heterocycles. The number of para-hydroxylation sites is 2. The summed E-state index contributed by atoms with van der Waals surface area (Å²) in [5, 5.41) is 5.79. The fourth-order valence-electron chi connectivity index (χ4n) is 4.04. The molecular weight excluding hydrogens is 430 g/mol. The lowest BCUT2D eigenvalue weighted by Crippen LogP contribution is -2.80. The first-order valence-electron chi connectivity index (χ1n) is 10.2. The van der Waals surface area contributed by atoms with Gasteiger partial charge in [-0.1, -0.05) is 36.4 Å². The lowest BCUT2D eigenvalue weighted by atomic mass is 9.87. The predicted molar refractivity (Wildman–Crippen MR) is 121 cm³/mol. The van der Waals surface area contributed by atoms with Gasteiger partial charge in [-0.25, -0.2) is 4.79 Å². The second-order valence-electron chi connectivity index (χ2n) is 7.93. The fourth-order valence-corrected chi connectivity index (χ4v) is 5.55. The smallest absolute Gasteiger partial charge is 0.331 e. The van der Waals surface area contributed by atoms with Gasteiger partial charge in [-0.2, -0.15) is 0 Å². The van der Waals surface area contributed by atoms with Gasteiger partial charge in [0.1, 0.15) is 17.2 Å². The molecule has 0 saturated carbocycles. The summed E-state index contributed by atoms with van der Waals surface area (Å²) in [4.78, 5) is 39.6. The maximum absolute atomic E-state index is 13.0. The topological polar surface area (TPSA) is 97.0 Å². The number of carbonyl (C=O) groups is 3. The molecule has 8 nitrogen and oxygen atoms in total. The highest BCUT2D eigenvalue weighted by Crippen LogP contribution is 2.43. The number of β-lactam (4-membered cyclic amide) rings is 1. The maximum Gasteiger partial charge on any atom is 0.331 e. The number of rotatable bonds is 7. The van der Waals surface area contributed by atoms with Crippen LogP contribution in [0.5, 0.6) is 5.75 Å². The fraction of sp³-hybridized carbons (Fsp3) is 0.348. The Kier molecular flexibility index (Phi) is 6.27. The van der Waals surface area contributed by atoms with E-state index in [1.54, 1.807) is 12.1 Å². The molecular formula is C23H25N3O5S. The van der Waals surface area contributed by atoms with Crippen LogP contribution in [0.25, 0.3) is 0 Å². The molecule has 2 saturated heterocycles. The number of hydrogen-bond acceptors (Lipinski definition) is 7. The molecule has 3 unspecified atom stereocenters. The highest BCUT2D eigenvalue weighted by molar-refractivity contribution is 8.00. The Morgan fingerprint density at radius 1 is 1.12 bits per heavy atom. The minimum absolute atomic E-state index is 0.196. The molecule has 0 bridgehead atoms. The second kappa shape index (κ2) is 9.12. The van der Waals surface area contributed by atoms with Crippen LogP contribution in [0.2, 0.25) is 0 Å². The zero-order valence-corrected chi connectivity index (χ0v) is 18.6. The number of carbonyl (C=O) groups excluding carboxylic acids is 3. The van der Waals surface area contributed by atoms with Crippen LogP contribution in [0, 0.1) is 0 Å². The minimum atomic E-state index is -0.819. The molecule has 2 aliphatic heterocycles. The van der Waals surface area contributed by atoms with E-state index >= 15 is 0 Å². The van der Waals surface area contributed by atoms with Crippen molar-refractivity contribution >= 4 is 35.2 Å². The van der Waals surface area contributed by atoms with E-state index in [1.807, 2.05) is 55.5 Å². The Morgan fingerprint density at radius 3 is 2.44 bits per heavy atom. The summed E-state index contributed by atoms with van der Waals surface area (Å²) < 4.78 is 10.5. The molecule has 168 valence electrons. The van der Waals surface area contributed by atoms with Gasteiger partial charge in [0, 0.05) is 11.4 Å². The summed E-state index contributed by atoms with van der Waals surface area (Å²) in [5.41, 5.74) is 0.107. The molecule has 4 rings (SSSR count). The monoisotopic (exact) mass is 455 g/mol. The second-order valence-corrected chi connectivity index (χ2v) is 9.03. The summed E-state index contributed by atoms with van der Waals surface area (Å²) in [6, 6.07) is 17.0. The molecule has 2 fully saturated rings. The van der Waals surface area contributed by atoms with Crippen molar-refractivity contribution in [1.82, 2.24) is 10.2 Å². The van der Waals surface area contributed by atoms with Gasteiger partial charge in [0.05, 0.1) is 12.6 Å². The third kappa shape index (κ3) is 4.25. The molecule has 4 atom stereocenters. The van der Waals surface area contributed by atoms with Crippen molar-refractivity contribution in [2.45, 2.75) is 29.9 Å². The number of thioether (sulfide) groups is 1. The highest BCUT2D eigenvalue weighted by atomic mass is 32.2. The van der Waals surface area contributed by atoms with Gasteiger partial charge in [-0.3, -0.25) is 9.59 Å². The number of benzene rings is 2. The van der Waals surface area contributed by atoms with E-state index in [0.29, 0.717) is 11.5 Å². The third-order valence-electron chi connectivity index (χ3n) is 5.57. The third-order valence-corrected chi connectivity index (χ3v) is 7.18. The number of ether oxygens (including phenoxy) is 2. The predicted octanol–water partition coefficient (Wildman–Crippen LogP) is 1.88. The normalized spacial score (nSPS) is 26.4. The quantitative estimate of drug-likeness (QED) is 0.486. The Balaban J connectivity index is 1.44. The van der Waals surface area contributed by atoms with Crippen molar-refractivity contribution in [1.29, 1.82) is 0 Å². The summed E-state index contributed by atoms with van der Waals surface area (Å²) in [7, 11) is 1.31. The highest BCUT2D eigenvalue weighted by Gasteiger charge is 2.61. The van der Waals surface area contributed by atoms with Gasteiger partial charge in [-0.15, -0.1) is 11.8 Å². The van der Waals surface area contributed by atoms with Crippen molar-refractivity contribution in [2.75, 3.05) is 24.8 Å². The molecule has 2 N–H and O–H groups in total. The summed E-state index contributed by atoms with van der Waals surface area (Å²) >= 11 is 1.52. The number of hydrogen-bond donors (Lipinski definition) is 2. The number of amides is 2. The van der Waals surface area contributed by atoms with Gasteiger partial charge in [0.25, 0.3) is 5.91 Å². The molecule has 0 aliphatic carbocycles. The Labute approximate surface area is 190 Å². The van der Waals surface area contributed by atoms with E-state index in [4.69, 9.17) is 9.47 Å². The SMILES string of the molecule is COC(=O)C1N2C(=O)C(NC(=O)COc3ccccc3)[C@@H]2SCC1(C)Nc1ccccc1. The summed E-state index contributed by atoms with van der Waals surface area (Å²) in [6.07, 6.45) is 0. The molecule has 32 heavy (non-hydrogen) atoms. The molecule has 2 amide bonds. The van der Waals surface area contributed by atoms with Crippen LogP contribution in [0.1, 0.15) is 6.92 Å². The Bertz CT molecular complexity index is 990. The van der Waals surface area contributed by atoms with Crippen molar-refractivity contribution in [3.05, 3.63) is 60.7 Å². The van der Waals surface area contributed by atoms with Gasteiger partial charge >= 0.3 is 5.97 Å². The van der Waals surface area contributed by atoms with Gasteiger partial charge in [-0.05, 0) is 31.2 Å². The lowest BCUT2D eigenvalue weighted by Gasteiger charge is -2.58. The maximum atomic E-state index is 13.0. The van der Waals surface area contributed by atoms with Gasteiger partial charge in [0.2, 0.25) is 5.91 Å². The van der Waals surface area contributed by atoms with Crippen molar-refractivity contribution in [2.24, 2.45) is 0 Å². The first-order valence-corrected chi connectivity index (χ1v) is 11.3. The molecule has 0 radical (unpaired) electrons. The largest absolute Gasteiger partial charge is 0.484 e. The van der Waals surface area contributed by atoms with Crippen LogP contribution < -0.4 is 15.4 Å². The Hall–Kier alpha value is -3.20. The molecule has 0 aromatic heterocycles. The van der Waals surface area contributed by atoms with Crippen LogP contribution >= 0.6 is 11.8 Å². The van der Waals surface area contributed by atoms with Gasteiger partial charge in [0.15, 0.2) is 12.6 Å². The van der Waals surface area contributed by atoms with E-state index in [9.17, 15) is 14.4 Å². The minimum Gasteiger partial charge on any atom is -0.484 e. The average molecular weight is 456 g/mol. The standard InChI is InChI=1S/C23H25N3O5S/c1-23(25-15-9-5-3-6-10-15)14-32-21-18(20(28)26(21)19(23)22(29)30-2)24-17(27)13-31-16-11-7-4-8-12-16/h3-12,18-19,21,25H,13-14H2,1-2H3,(H,24,27)/t18?,19?,21-,23?/m0/s1. The van der Waals surface area contributed by atoms with Crippen LogP contribution in [-0.2, 0) is 19.1 Å². The first kappa shape index (κ1) is 22.0. The zero-order chi connectivity index (χ0) is 22.7. The molecule has 2 aromatic carbocycles. The number of anilines is 1. The van der Waals surface area contributed by atoms with E-state index in [0.717, 1.165) is 5.69 Å². The van der Waals surface area contributed by atoms with E-state index in [-0.39, 0.29) is 17.9 Å². The van der Waals surface area contributed by atoms with Crippen molar-refractivity contribution in [3.63, 3.8) is 0 Å². The molecule has 0 spiro atoms. The van der Waals surface area contributed by atoms with E-state index in [1.165, 1.54) is 23.8 Å². The Morgan fingerprint density at radius 2 is 1.78 bits per heavy atom. The molecule has 2 aliphatic rings. The van der Waals surface area contributed by atoms with Crippen molar-refractivity contribution in [3.8, 4) is 5.75 Å². The number of nitrogens with one attached hydrogen (secondary N) is 2. The summed E-state index contributed by atoms with van der Waals surface area (Å²) in [6.45, 7) is 1.70. The van der Waals surface area contributed by atoms with Gasteiger partial charge < -0.3 is 25.0 Å². The van der Waals surface area contributed by atoms with Crippen LogP contribution in [-0.4, -0.2) is 65.1 Å². The molecule has 2 aromatic rings. The van der Waals surface area contributed by atoms with Crippen LogP contribution in [0.4, 0.5) is 5.69 Å². The number of methoxy groups -OCH3 is 1. The lowest BCUT2D eigenvalue weighted by molar-refractivity contribution is -0.166. The van der Waals surface area contributed by atoms with Crippen LogP contribution in [0.3, 0.4) is 0 Å².